The molecule has 8 heteroatoms. The first kappa shape index (κ1) is 17.1. The smallest absolute Gasteiger partial charge is 0.335 e. The average molecular weight is 335 g/mol. The van der Waals surface area contributed by atoms with E-state index < -0.39 is 24.2 Å². The van der Waals surface area contributed by atoms with E-state index in [9.17, 15) is 18.0 Å². The number of thiazole rings is 1. The molecule has 2 rings (SSSR count). The maximum atomic E-state index is 12.7. The van der Waals surface area contributed by atoms with Crippen molar-refractivity contribution < 1.29 is 18.0 Å². The first-order valence-electron chi connectivity index (χ1n) is 7.29. The summed E-state index contributed by atoms with van der Waals surface area (Å²) >= 11 is 1.50. The Morgan fingerprint density at radius 1 is 1.36 bits per heavy atom. The molecule has 1 aliphatic rings. The standard InChI is InChI=1S/C14H20F3N3OS/c1-8-12(22-9(2)19-8)7-18-13(21)20-11-5-3-4-10(6-11)14(15,16)17/h10-11H,3-7H2,1-2H3,(H2,18,20,21)/t10-,11+/m0/s1. The Hall–Kier alpha value is -1.31. The van der Waals surface area contributed by atoms with Crippen LogP contribution in [0.4, 0.5) is 18.0 Å². The monoisotopic (exact) mass is 335 g/mol. The molecule has 124 valence electrons. The number of alkyl halides is 3. The van der Waals surface area contributed by atoms with Gasteiger partial charge in [0.2, 0.25) is 0 Å². The van der Waals surface area contributed by atoms with Gasteiger partial charge in [-0.25, -0.2) is 9.78 Å². The number of hydrogen-bond acceptors (Lipinski definition) is 3. The molecule has 2 atom stereocenters. The number of aryl methyl sites for hydroxylation is 2. The molecule has 1 aromatic heterocycles. The molecule has 1 fully saturated rings. The van der Waals surface area contributed by atoms with Crippen LogP contribution in [-0.2, 0) is 6.54 Å². The SMILES string of the molecule is Cc1nc(C)c(CNC(=O)N[C@@H]2CCC[C@H](C(F)(F)F)C2)s1. The summed E-state index contributed by atoms with van der Waals surface area (Å²) in [5.74, 6) is -1.31. The largest absolute Gasteiger partial charge is 0.391 e. The Balaban J connectivity index is 1.80. The third-order valence-electron chi connectivity index (χ3n) is 3.88. The number of carbonyl (C=O) groups excluding carboxylic acids is 1. The Labute approximate surface area is 131 Å². The third-order valence-corrected chi connectivity index (χ3v) is 4.95. The van der Waals surface area contributed by atoms with E-state index in [4.69, 9.17) is 0 Å². The highest BCUT2D eigenvalue weighted by Crippen LogP contribution is 2.37. The van der Waals surface area contributed by atoms with Crippen molar-refractivity contribution in [3.05, 3.63) is 15.6 Å². The Morgan fingerprint density at radius 3 is 2.68 bits per heavy atom. The molecular weight excluding hydrogens is 315 g/mol. The van der Waals surface area contributed by atoms with Gasteiger partial charge in [0.15, 0.2) is 0 Å². The van der Waals surface area contributed by atoms with Gasteiger partial charge in [0.25, 0.3) is 0 Å². The average Bonchev–Trinajstić information content (AvgIpc) is 2.74. The van der Waals surface area contributed by atoms with Gasteiger partial charge < -0.3 is 10.6 Å². The zero-order chi connectivity index (χ0) is 16.3. The molecule has 1 saturated carbocycles. The summed E-state index contributed by atoms with van der Waals surface area (Å²) in [5, 5.41) is 6.27. The zero-order valence-electron chi connectivity index (χ0n) is 12.6. The van der Waals surface area contributed by atoms with Crippen molar-refractivity contribution in [1.29, 1.82) is 0 Å². The first-order chi connectivity index (χ1) is 10.3. The summed E-state index contributed by atoms with van der Waals surface area (Å²) in [6, 6.07) is -0.831. The van der Waals surface area contributed by atoms with Crippen molar-refractivity contribution in [2.24, 2.45) is 5.92 Å². The molecule has 2 amide bonds. The molecule has 22 heavy (non-hydrogen) atoms. The number of rotatable bonds is 3. The maximum Gasteiger partial charge on any atom is 0.391 e. The quantitative estimate of drug-likeness (QED) is 0.885. The van der Waals surface area contributed by atoms with Crippen LogP contribution in [0.1, 0.15) is 41.3 Å². The lowest BCUT2D eigenvalue weighted by atomic mass is 9.85. The van der Waals surface area contributed by atoms with Gasteiger partial charge in [0.1, 0.15) is 0 Å². The summed E-state index contributed by atoms with van der Waals surface area (Å²) in [6.07, 6.45) is -2.96. The van der Waals surface area contributed by atoms with Gasteiger partial charge in [-0.15, -0.1) is 11.3 Å². The van der Waals surface area contributed by atoms with Gasteiger partial charge in [0, 0.05) is 10.9 Å². The van der Waals surface area contributed by atoms with Crippen molar-refractivity contribution in [3.63, 3.8) is 0 Å². The molecule has 0 bridgehead atoms. The van der Waals surface area contributed by atoms with E-state index in [1.54, 1.807) is 0 Å². The number of aromatic nitrogens is 1. The van der Waals surface area contributed by atoms with E-state index in [1.807, 2.05) is 13.8 Å². The summed E-state index contributed by atoms with van der Waals surface area (Å²) in [6.45, 7) is 4.10. The molecule has 4 nitrogen and oxygen atoms in total. The third kappa shape index (κ3) is 4.59. The molecule has 0 saturated heterocycles. The van der Waals surface area contributed by atoms with Crippen LogP contribution < -0.4 is 10.6 Å². The van der Waals surface area contributed by atoms with Crippen molar-refractivity contribution in [2.45, 2.75) is 58.3 Å². The van der Waals surface area contributed by atoms with Crippen molar-refractivity contribution >= 4 is 17.4 Å². The summed E-state index contributed by atoms with van der Waals surface area (Å²) in [4.78, 5) is 17.1. The number of hydrogen-bond donors (Lipinski definition) is 2. The van der Waals surface area contributed by atoms with E-state index >= 15 is 0 Å². The fourth-order valence-corrected chi connectivity index (χ4v) is 3.63. The van der Waals surface area contributed by atoms with Gasteiger partial charge in [0.05, 0.1) is 23.2 Å². The van der Waals surface area contributed by atoms with Crippen LogP contribution >= 0.6 is 11.3 Å². The fourth-order valence-electron chi connectivity index (χ4n) is 2.75. The second kappa shape index (κ2) is 6.85. The lowest BCUT2D eigenvalue weighted by molar-refractivity contribution is -0.183. The van der Waals surface area contributed by atoms with E-state index in [-0.39, 0.29) is 12.8 Å². The van der Waals surface area contributed by atoms with Gasteiger partial charge in [-0.3, -0.25) is 0 Å². The molecule has 1 aliphatic carbocycles. The zero-order valence-corrected chi connectivity index (χ0v) is 13.4. The number of urea groups is 1. The molecular formula is C14H20F3N3OS. The summed E-state index contributed by atoms with van der Waals surface area (Å²) in [7, 11) is 0. The van der Waals surface area contributed by atoms with Gasteiger partial charge >= 0.3 is 12.2 Å². The molecule has 0 spiro atoms. The van der Waals surface area contributed by atoms with Crippen LogP contribution in [-0.4, -0.2) is 23.2 Å². The highest BCUT2D eigenvalue weighted by atomic mass is 32.1. The van der Waals surface area contributed by atoms with Crippen molar-refractivity contribution in [1.82, 2.24) is 15.6 Å². The maximum absolute atomic E-state index is 12.7. The molecule has 0 aliphatic heterocycles. The van der Waals surface area contributed by atoms with E-state index in [0.717, 1.165) is 15.6 Å². The van der Waals surface area contributed by atoms with E-state index in [2.05, 4.69) is 15.6 Å². The van der Waals surface area contributed by atoms with Gasteiger partial charge in [-0.2, -0.15) is 13.2 Å². The van der Waals surface area contributed by atoms with Crippen LogP contribution in [0.3, 0.4) is 0 Å². The minimum atomic E-state index is -4.17. The van der Waals surface area contributed by atoms with Crippen LogP contribution in [0.2, 0.25) is 0 Å². The minimum absolute atomic E-state index is 0.0321. The number of nitrogens with zero attached hydrogens (tertiary/aromatic N) is 1. The second-order valence-corrected chi connectivity index (χ2v) is 6.96. The van der Waals surface area contributed by atoms with Crippen molar-refractivity contribution in [2.75, 3.05) is 0 Å². The molecule has 0 radical (unpaired) electrons. The van der Waals surface area contributed by atoms with E-state index in [0.29, 0.717) is 19.4 Å². The number of nitrogens with one attached hydrogen (secondary N) is 2. The fraction of sp³-hybridized carbons (Fsp3) is 0.714. The molecule has 0 unspecified atom stereocenters. The Morgan fingerprint density at radius 2 is 2.09 bits per heavy atom. The van der Waals surface area contributed by atoms with Gasteiger partial charge in [-0.1, -0.05) is 6.42 Å². The Kier molecular flexibility index (Phi) is 5.31. The predicted octanol–water partition coefficient (Wildman–Crippen LogP) is 3.68. The summed E-state index contributed by atoms with van der Waals surface area (Å²) < 4.78 is 38.2. The number of amides is 2. The normalized spacial score (nSPS) is 22.4. The highest BCUT2D eigenvalue weighted by Gasteiger charge is 2.42. The van der Waals surface area contributed by atoms with E-state index in [1.165, 1.54) is 11.3 Å². The van der Waals surface area contributed by atoms with Crippen LogP contribution in [0.15, 0.2) is 0 Å². The Bertz CT molecular complexity index is 530. The molecule has 1 aromatic rings. The number of halogens is 3. The lowest BCUT2D eigenvalue weighted by Crippen LogP contribution is -2.45. The van der Waals surface area contributed by atoms with Crippen molar-refractivity contribution in [3.8, 4) is 0 Å². The second-order valence-electron chi connectivity index (χ2n) is 5.67. The topological polar surface area (TPSA) is 54.0 Å². The lowest BCUT2D eigenvalue weighted by Gasteiger charge is -2.31. The molecule has 2 N–H and O–H groups in total. The van der Waals surface area contributed by atoms with Crippen LogP contribution in [0, 0.1) is 19.8 Å². The van der Waals surface area contributed by atoms with Crippen LogP contribution in [0.25, 0.3) is 0 Å². The minimum Gasteiger partial charge on any atom is -0.335 e. The van der Waals surface area contributed by atoms with Gasteiger partial charge in [-0.05, 0) is 33.1 Å². The summed E-state index contributed by atoms with van der Waals surface area (Å²) in [5.41, 5.74) is 0.873. The first-order valence-corrected chi connectivity index (χ1v) is 8.11. The molecule has 0 aromatic carbocycles. The predicted molar refractivity (Wildman–Crippen MR) is 78.8 cm³/mol. The van der Waals surface area contributed by atoms with Crippen LogP contribution in [0.5, 0.6) is 0 Å². The highest BCUT2D eigenvalue weighted by molar-refractivity contribution is 7.11. The number of carbonyl (C=O) groups is 1. The molecule has 1 heterocycles.